The molecule has 9 bridgehead atoms. The van der Waals surface area contributed by atoms with Gasteiger partial charge in [-0.15, -0.1) is 5.10 Å². The fourth-order valence-corrected chi connectivity index (χ4v) is 5.65. The van der Waals surface area contributed by atoms with E-state index in [0.717, 1.165) is 39.7 Å². The van der Waals surface area contributed by atoms with Gasteiger partial charge in [0, 0.05) is 24.6 Å². The Morgan fingerprint density at radius 2 is 1.95 bits per heavy atom. The van der Waals surface area contributed by atoms with Crippen LogP contribution in [-0.4, -0.2) is 63.2 Å². The van der Waals surface area contributed by atoms with E-state index in [-0.39, 0.29) is 18.2 Å². The quantitative estimate of drug-likeness (QED) is 0.421. The number of nitrogens with zero attached hydrogens (tertiary/aromatic N) is 4. The van der Waals surface area contributed by atoms with Crippen LogP contribution in [-0.2, 0) is 29.0 Å². The van der Waals surface area contributed by atoms with Gasteiger partial charge in [0.2, 0.25) is 0 Å². The summed E-state index contributed by atoms with van der Waals surface area (Å²) in [7, 11) is 0. The predicted molar refractivity (Wildman–Crippen MR) is 144 cm³/mol. The molecule has 39 heavy (non-hydrogen) atoms. The van der Waals surface area contributed by atoms with Gasteiger partial charge in [-0.1, -0.05) is 35.5 Å². The number of carbonyl (C=O) groups is 2. The lowest BCUT2D eigenvalue weighted by molar-refractivity contribution is -0.137. The van der Waals surface area contributed by atoms with Crippen LogP contribution in [0.3, 0.4) is 0 Å². The van der Waals surface area contributed by atoms with E-state index in [9.17, 15) is 14.7 Å². The molecule has 9 heteroatoms. The van der Waals surface area contributed by atoms with E-state index < -0.39 is 5.97 Å². The van der Waals surface area contributed by atoms with Crippen LogP contribution in [0.5, 0.6) is 5.75 Å². The molecule has 3 aromatic carbocycles. The Hall–Kier alpha value is -4.24. The summed E-state index contributed by atoms with van der Waals surface area (Å²) in [5.41, 5.74) is 7.18. The Morgan fingerprint density at radius 3 is 2.82 bits per heavy atom. The van der Waals surface area contributed by atoms with E-state index in [2.05, 4.69) is 22.4 Å². The van der Waals surface area contributed by atoms with Gasteiger partial charge in [-0.25, -0.2) is 4.68 Å². The second kappa shape index (κ2) is 10.5. The minimum atomic E-state index is -0.873. The standard InChI is InChI=1S/C30H30N4O5/c1-19-25-7-8-27-29(19)31-32-34(27)11-12-38-13-14-39-24-4-2-3-22(16-24)30(37)33-10-9-20-5-6-21(15-23(20)18-33)26(25)17-28(35)36/h2-8,15-16,26H,9-14,17-18H2,1H3,(H,35,36). The monoisotopic (exact) mass is 526 g/mol. The van der Waals surface area contributed by atoms with Crippen molar-refractivity contribution < 1.29 is 24.2 Å². The number of carboxylic acids is 1. The van der Waals surface area contributed by atoms with Crippen LogP contribution < -0.4 is 4.74 Å². The van der Waals surface area contributed by atoms with Crippen molar-refractivity contribution >= 4 is 22.9 Å². The zero-order chi connectivity index (χ0) is 26.9. The van der Waals surface area contributed by atoms with E-state index in [1.165, 1.54) is 5.56 Å². The number of rotatable bonds is 2. The van der Waals surface area contributed by atoms with Crippen molar-refractivity contribution in [1.29, 1.82) is 0 Å². The van der Waals surface area contributed by atoms with Crippen molar-refractivity contribution in [3.8, 4) is 5.75 Å². The highest BCUT2D eigenvalue weighted by Crippen LogP contribution is 2.35. The average molecular weight is 527 g/mol. The fraction of sp³-hybridized carbons (Fsp3) is 0.333. The SMILES string of the molecule is Cc1c2ccc3c1nnn3CCOCCOc1cccc(c1)C(=O)N1CCc3ccc(cc3C1)C2CC(=O)O. The molecular formula is C30H30N4O5. The first-order chi connectivity index (χ1) is 19.0. The lowest BCUT2D eigenvalue weighted by Crippen LogP contribution is -2.36. The Morgan fingerprint density at radius 1 is 1.05 bits per heavy atom. The molecule has 3 aliphatic rings. The van der Waals surface area contributed by atoms with E-state index >= 15 is 0 Å². The summed E-state index contributed by atoms with van der Waals surface area (Å²) in [6.07, 6.45) is 0.690. The molecule has 1 aromatic heterocycles. The molecule has 0 aliphatic carbocycles. The molecule has 0 fully saturated rings. The number of aliphatic carboxylic acids is 1. The highest BCUT2D eigenvalue weighted by Gasteiger charge is 2.26. The zero-order valence-corrected chi connectivity index (χ0v) is 21.8. The van der Waals surface area contributed by atoms with E-state index in [1.807, 2.05) is 52.9 Å². The summed E-state index contributed by atoms with van der Waals surface area (Å²) in [4.78, 5) is 27.3. The van der Waals surface area contributed by atoms with Crippen molar-refractivity contribution in [2.24, 2.45) is 0 Å². The molecule has 7 rings (SSSR count). The molecule has 1 unspecified atom stereocenters. The first-order valence-corrected chi connectivity index (χ1v) is 13.2. The maximum Gasteiger partial charge on any atom is 0.304 e. The van der Waals surface area contributed by atoms with Gasteiger partial charge in [-0.3, -0.25) is 9.59 Å². The molecule has 0 spiro atoms. The Bertz CT molecular complexity index is 1560. The molecule has 9 nitrogen and oxygen atoms in total. The lowest BCUT2D eigenvalue weighted by atomic mass is 9.83. The third-order valence-corrected chi connectivity index (χ3v) is 7.69. The lowest BCUT2D eigenvalue weighted by Gasteiger charge is -2.30. The summed E-state index contributed by atoms with van der Waals surface area (Å²) >= 11 is 0. The molecule has 4 aromatic rings. The summed E-state index contributed by atoms with van der Waals surface area (Å²) in [5, 5.41) is 18.6. The van der Waals surface area contributed by atoms with Crippen LogP contribution in [0.4, 0.5) is 0 Å². The molecule has 1 amide bonds. The number of hydrogen-bond donors (Lipinski definition) is 1. The molecule has 0 radical (unpaired) electrons. The predicted octanol–water partition coefficient (Wildman–Crippen LogP) is 3.95. The highest BCUT2D eigenvalue weighted by molar-refractivity contribution is 5.94. The molecule has 0 saturated carbocycles. The minimum Gasteiger partial charge on any atom is -0.491 e. The van der Waals surface area contributed by atoms with Crippen molar-refractivity contribution in [3.63, 3.8) is 0 Å². The van der Waals surface area contributed by atoms with Crippen LogP contribution >= 0.6 is 0 Å². The van der Waals surface area contributed by atoms with E-state index in [1.54, 1.807) is 6.07 Å². The first-order valence-electron chi connectivity index (χ1n) is 13.2. The molecule has 4 heterocycles. The Kier molecular flexibility index (Phi) is 6.74. The van der Waals surface area contributed by atoms with Gasteiger partial charge in [0.25, 0.3) is 5.91 Å². The molecule has 1 atom stereocenters. The van der Waals surface area contributed by atoms with E-state index in [4.69, 9.17) is 9.47 Å². The maximum absolute atomic E-state index is 13.4. The number of hydrogen-bond acceptors (Lipinski definition) is 6. The van der Waals surface area contributed by atoms with Crippen LogP contribution in [0.15, 0.2) is 54.6 Å². The van der Waals surface area contributed by atoms with Crippen LogP contribution in [0, 0.1) is 6.92 Å². The van der Waals surface area contributed by atoms with Crippen LogP contribution in [0.1, 0.15) is 50.5 Å². The van der Waals surface area contributed by atoms with Gasteiger partial charge in [-0.05, 0) is 65.4 Å². The minimum absolute atomic E-state index is 0.0515. The Labute approximate surface area is 225 Å². The molecular weight excluding hydrogens is 496 g/mol. The van der Waals surface area contributed by atoms with Crippen molar-refractivity contribution in [2.45, 2.75) is 38.8 Å². The van der Waals surface area contributed by atoms with Crippen LogP contribution in [0.2, 0.25) is 0 Å². The number of ether oxygens (including phenoxy) is 2. The van der Waals surface area contributed by atoms with Gasteiger partial charge < -0.3 is 19.5 Å². The maximum atomic E-state index is 13.4. The third kappa shape index (κ3) is 4.97. The zero-order valence-electron chi connectivity index (χ0n) is 21.8. The number of aryl methyl sites for hydroxylation is 1. The van der Waals surface area contributed by atoms with Gasteiger partial charge in [-0.2, -0.15) is 0 Å². The van der Waals surface area contributed by atoms with Gasteiger partial charge >= 0.3 is 5.97 Å². The smallest absolute Gasteiger partial charge is 0.304 e. The normalized spacial score (nSPS) is 17.8. The summed E-state index contributed by atoms with van der Waals surface area (Å²) in [6, 6.07) is 17.4. The number of carboxylic acid groups (broad SMARTS) is 1. The van der Waals surface area contributed by atoms with Crippen molar-refractivity contribution in [2.75, 3.05) is 26.4 Å². The third-order valence-electron chi connectivity index (χ3n) is 7.69. The van der Waals surface area contributed by atoms with Gasteiger partial charge in [0.05, 0.1) is 31.7 Å². The summed E-state index contributed by atoms with van der Waals surface area (Å²) in [6.45, 7) is 4.78. The average Bonchev–Trinajstić information content (AvgIpc) is 3.36. The second-order valence-corrected chi connectivity index (χ2v) is 10.1. The summed E-state index contributed by atoms with van der Waals surface area (Å²) < 4.78 is 13.4. The summed E-state index contributed by atoms with van der Waals surface area (Å²) in [5.74, 6) is -0.661. The first kappa shape index (κ1) is 25.1. The molecule has 3 aliphatic heterocycles. The number of carbonyl (C=O) groups excluding carboxylic acids is 1. The fourth-order valence-electron chi connectivity index (χ4n) is 5.65. The number of amides is 1. The van der Waals surface area contributed by atoms with Gasteiger partial charge in [0.1, 0.15) is 17.9 Å². The van der Waals surface area contributed by atoms with E-state index in [0.29, 0.717) is 50.8 Å². The van der Waals surface area contributed by atoms with Crippen LogP contribution in [0.25, 0.3) is 11.0 Å². The number of benzene rings is 3. The van der Waals surface area contributed by atoms with Crippen molar-refractivity contribution in [1.82, 2.24) is 19.9 Å². The molecule has 200 valence electrons. The molecule has 1 N–H and O–H groups in total. The Balaban J connectivity index is 1.43. The highest BCUT2D eigenvalue weighted by atomic mass is 16.5. The topological polar surface area (TPSA) is 107 Å². The second-order valence-electron chi connectivity index (χ2n) is 10.1. The number of fused-ring (bicyclic) bond motifs is 6. The number of aromatic nitrogens is 3. The molecule has 0 saturated heterocycles. The largest absolute Gasteiger partial charge is 0.491 e. The van der Waals surface area contributed by atoms with Crippen molar-refractivity contribution in [3.05, 3.63) is 88.0 Å². The van der Waals surface area contributed by atoms with Gasteiger partial charge in [0.15, 0.2) is 0 Å².